The molecule has 128 valence electrons. The summed E-state index contributed by atoms with van der Waals surface area (Å²) < 4.78 is 10.7. The fraction of sp³-hybridized carbons (Fsp3) is 0.875. The molecule has 1 amide bonds. The van der Waals surface area contributed by atoms with Gasteiger partial charge in [-0.3, -0.25) is 4.79 Å². The summed E-state index contributed by atoms with van der Waals surface area (Å²) in [6, 6.07) is -0.252. The van der Waals surface area contributed by atoms with Crippen LogP contribution in [-0.4, -0.2) is 53.5 Å². The van der Waals surface area contributed by atoms with E-state index in [0.29, 0.717) is 13.0 Å². The summed E-state index contributed by atoms with van der Waals surface area (Å²) in [5.41, 5.74) is -1.16. The molecule has 6 nitrogen and oxygen atoms in total. The predicted molar refractivity (Wildman–Crippen MR) is 82.3 cm³/mol. The van der Waals surface area contributed by atoms with Crippen LogP contribution in [0.1, 0.15) is 48.0 Å². The van der Waals surface area contributed by atoms with E-state index in [2.05, 4.69) is 0 Å². The number of hydrogen-bond acceptors (Lipinski definition) is 5. The Bertz CT molecular complexity index is 408. The van der Waals surface area contributed by atoms with Gasteiger partial charge >= 0.3 is 12.1 Å². The van der Waals surface area contributed by atoms with Gasteiger partial charge in [-0.15, -0.1) is 0 Å². The van der Waals surface area contributed by atoms with E-state index in [4.69, 9.17) is 9.47 Å². The number of nitrogens with zero attached hydrogens (tertiary/aromatic N) is 1. The molecule has 1 aliphatic heterocycles. The lowest BCUT2D eigenvalue weighted by Crippen LogP contribution is -2.42. The highest BCUT2D eigenvalue weighted by molar-refractivity contribution is 5.75. The maximum atomic E-state index is 12.3. The van der Waals surface area contributed by atoms with E-state index in [9.17, 15) is 14.7 Å². The van der Waals surface area contributed by atoms with Crippen LogP contribution in [-0.2, 0) is 14.3 Å². The summed E-state index contributed by atoms with van der Waals surface area (Å²) in [6.45, 7) is 11.3. The molecular weight excluding hydrogens is 286 g/mol. The summed E-state index contributed by atoms with van der Waals surface area (Å²) in [7, 11) is 0. The molecule has 6 heteroatoms. The largest absolute Gasteiger partial charge is 0.463 e. The van der Waals surface area contributed by atoms with Crippen LogP contribution in [0.25, 0.3) is 0 Å². The lowest BCUT2D eigenvalue weighted by Gasteiger charge is -2.29. The summed E-state index contributed by atoms with van der Waals surface area (Å²) in [4.78, 5) is 25.7. The van der Waals surface area contributed by atoms with Crippen molar-refractivity contribution in [1.82, 2.24) is 4.90 Å². The molecule has 0 saturated carbocycles. The van der Waals surface area contributed by atoms with Crippen molar-refractivity contribution in [3.05, 3.63) is 0 Å². The van der Waals surface area contributed by atoms with Crippen molar-refractivity contribution in [2.45, 2.75) is 59.6 Å². The topological polar surface area (TPSA) is 76.1 Å². The first-order valence-corrected chi connectivity index (χ1v) is 7.71. The Balaban J connectivity index is 2.69. The van der Waals surface area contributed by atoms with Crippen molar-refractivity contribution in [1.29, 1.82) is 0 Å². The Labute approximate surface area is 132 Å². The Hall–Kier alpha value is -1.30. The Morgan fingerprint density at radius 2 is 1.77 bits per heavy atom. The van der Waals surface area contributed by atoms with Crippen LogP contribution >= 0.6 is 0 Å². The molecule has 1 rings (SSSR count). The van der Waals surface area contributed by atoms with Crippen LogP contribution < -0.4 is 0 Å². The van der Waals surface area contributed by atoms with Gasteiger partial charge in [-0.2, -0.15) is 0 Å². The van der Waals surface area contributed by atoms with Crippen LogP contribution in [0.3, 0.4) is 0 Å². The first-order chi connectivity index (χ1) is 9.94. The second-order valence-electron chi connectivity index (χ2n) is 7.92. The molecule has 2 atom stereocenters. The average Bonchev–Trinajstić information content (AvgIpc) is 2.76. The highest BCUT2D eigenvalue weighted by Crippen LogP contribution is 2.26. The molecule has 0 radical (unpaired) electrons. The molecule has 1 N–H and O–H groups in total. The van der Waals surface area contributed by atoms with Gasteiger partial charge in [-0.05, 0) is 48.0 Å². The molecule has 0 aliphatic carbocycles. The van der Waals surface area contributed by atoms with E-state index >= 15 is 0 Å². The van der Waals surface area contributed by atoms with Crippen molar-refractivity contribution in [2.75, 3.05) is 19.8 Å². The number of hydrogen-bond donors (Lipinski definition) is 1. The summed E-state index contributed by atoms with van der Waals surface area (Å²) in [5, 5.41) is 9.34. The smallest absolute Gasteiger partial charge is 0.410 e. The minimum atomic E-state index is -0.582. The normalized spacial score (nSPS) is 22.6. The number of likely N-dealkylation sites (tertiary alicyclic amines) is 1. The van der Waals surface area contributed by atoms with Crippen LogP contribution in [0.5, 0.6) is 0 Å². The summed E-state index contributed by atoms with van der Waals surface area (Å²) >= 11 is 0. The summed E-state index contributed by atoms with van der Waals surface area (Å²) in [5.74, 6) is -0.310. The number of esters is 1. The highest BCUT2D eigenvalue weighted by Gasteiger charge is 2.38. The van der Waals surface area contributed by atoms with E-state index in [-0.39, 0.29) is 31.1 Å². The van der Waals surface area contributed by atoms with Gasteiger partial charge < -0.3 is 19.5 Å². The molecular formula is C16H29NO5. The monoisotopic (exact) mass is 315 g/mol. The quantitative estimate of drug-likeness (QED) is 0.808. The van der Waals surface area contributed by atoms with Crippen molar-refractivity contribution < 1.29 is 24.2 Å². The average molecular weight is 315 g/mol. The van der Waals surface area contributed by atoms with Gasteiger partial charge in [0.25, 0.3) is 0 Å². The van der Waals surface area contributed by atoms with E-state index < -0.39 is 17.1 Å². The molecule has 1 unspecified atom stereocenters. The number of amides is 1. The van der Waals surface area contributed by atoms with Gasteiger partial charge in [-0.1, -0.05) is 0 Å². The van der Waals surface area contributed by atoms with E-state index in [1.807, 2.05) is 0 Å². The molecule has 0 spiro atoms. The Morgan fingerprint density at radius 1 is 1.18 bits per heavy atom. The van der Waals surface area contributed by atoms with E-state index in [0.717, 1.165) is 0 Å². The van der Waals surface area contributed by atoms with Crippen molar-refractivity contribution >= 4 is 12.1 Å². The SMILES string of the molecule is CC(C)(C)OC(=O)N1CC(CO)C[C@H]1COC(=O)C(C)(C)C. The van der Waals surface area contributed by atoms with E-state index in [1.165, 1.54) is 0 Å². The molecule has 1 aliphatic rings. The molecule has 0 aromatic carbocycles. The van der Waals surface area contributed by atoms with Crippen LogP contribution in [0.15, 0.2) is 0 Å². The fourth-order valence-corrected chi connectivity index (χ4v) is 2.24. The first-order valence-electron chi connectivity index (χ1n) is 7.71. The number of carbonyl (C=O) groups is 2. The van der Waals surface area contributed by atoms with Crippen molar-refractivity contribution in [3.63, 3.8) is 0 Å². The van der Waals surface area contributed by atoms with E-state index in [1.54, 1.807) is 46.4 Å². The fourth-order valence-electron chi connectivity index (χ4n) is 2.24. The van der Waals surface area contributed by atoms with Crippen LogP contribution in [0.2, 0.25) is 0 Å². The second-order valence-corrected chi connectivity index (χ2v) is 7.92. The lowest BCUT2D eigenvalue weighted by molar-refractivity contribution is -0.154. The highest BCUT2D eigenvalue weighted by atomic mass is 16.6. The van der Waals surface area contributed by atoms with Crippen LogP contribution in [0, 0.1) is 11.3 Å². The standard InChI is InChI=1S/C16H29NO5/c1-15(2,3)13(19)21-10-12-7-11(9-18)8-17(12)14(20)22-16(4,5)6/h11-12,18H,7-10H2,1-6H3/t11?,12-/m0/s1. The number of aliphatic hydroxyl groups is 1. The van der Waals surface area contributed by atoms with Gasteiger partial charge in [0.1, 0.15) is 12.2 Å². The van der Waals surface area contributed by atoms with Gasteiger partial charge in [0.15, 0.2) is 0 Å². The van der Waals surface area contributed by atoms with Gasteiger partial charge in [0.2, 0.25) is 0 Å². The third kappa shape index (κ3) is 5.48. The molecule has 1 fully saturated rings. The molecule has 22 heavy (non-hydrogen) atoms. The van der Waals surface area contributed by atoms with Gasteiger partial charge in [0, 0.05) is 19.1 Å². The number of ether oxygens (including phenoxy) is 2. The van der Waals surface area contributed by atoms with Gasteiger partial charge in [-0.25, -0.2) is 4.79 Å². The molecule has 0 aromatic heterocycles. The Kier molecular flexibility index (Phi) is 5.84. The minimum Gasteiger partial charge on any atom is -0.463 e. The molecule has 1 heterocycles. The second kappa shape index (κ2) is 6.86. The number of rotatable bonds is 3. The zero-order chi connectivity index (χ0) is 17.1. The predicted octanol–water partition coefficient (Wildman–Crippen LogP) is 2.19. The number of carbonyl (C=O) groups excluding carboxylic acids is 2. The van der Waals surface area contributed by atoms with Crippen molar-refractivity contribution in [3.8, 4) is 0 Å². The zero-order valence-electron chi connectivity index (χ0n) is 14.5. The molecule has 0 aromatic rings. The molecule has 1 saturated heterocycles. The lowest BCUT2D eigenvalue weighted by atomic mass is 9.97. The first kappa shape index (κ1) is 18.7. The third-order valence-electron chi connectivity index (χ3n) is 3.41. The summed E-state index contributed by atoms with van der Waals surface area (Å²) in [6.07, 6.45) is 0.174. The maximum Gasteiger partial charge on any atom is 0.410 e. The Morgan fingerprint density at radius 3 is 2.23 bits per heavy atom. The number of aliphatic hydroxyl groups excluding tert-OH is 1. The minimum absolute atomic E-state index is 0.00299. The third-order valence-corrected chi connectivity index (χ3v) is 3.41. The maximum absolute atomic E-state index is 12.3. The van der Waals surface area contributed by atoms with Crippen molar-refractivity contribution in [2.24, 2.45) is 11.3 Å². The molecule has 0 bridgehead atoms. The van der Waals surface area contributed by atoms with Gasteiger partial charge in [0.05, 0.1) is 11.5 Å². The van der Waals surface area contributed by atoms with Crippen LogP contribution in [0.4, 0.5) is 4.79 Å². The zero-order valence-corrected chi connectivity index (χ0v) is 14.5.